The van der Waals surface area contributed by atoms with E-state index in [9.17, 15) is 61.0 Å². The van der Waals surface area contributed by atoms with Crippen LogP contribution in [0.2, 0.25) is 0 Å². The molecule has 0 aliphatic carbocycles. The molecule has 3 fully saturated rings. The Morgan fingerprint density at radius 3 is 0.991 bits per heavy atom. The molecular formula is C94H169NO18. The lowest BCUT2D eigenvalue weighted by atomic mass is 9.96. The first-order valence-electron chi connectivity index (χ1n) is 46.3. The van der Waals surface area contributed by atoms with Crippen LogP contribution in [0.25, 0.3) is 0 Å². The highest BCUT2D eigenvalue weighted by molar-refractivity contribution is 5.76. The second-order valence-corrected chi connectivity index (χ2v) is 32.7. The first-order valence-corrected chi connectivity index (χ1v) is 46.3. The van der Waals surface area contributed by atoms with Crippen LogP contribution in [0.3, 0.4) is 0 Å². The van der Waals surface area contributed by atoms with Crippen molar-refractivity contribution in [2.75, 3.05) is 26.4 Å². The number of rotatable bonds is 75. The molecule has 19 heteroatoms. The van der Waals surface area contributed by atoms with Crippen molar-refractivity contribution in [2.45, 2.75) is 478 Å². The van der Waals surface area contributed by atoms with E-state index in [0.29, 0.717) is 12.8 Å². The van der Waals surface area contributed by atoms with Gasteiger partial charge in [0.25, 0.3) is 0 Å². The van der Waals surface area contributed by atoms with Crippen molar-refractivity contribution >= 4 is 5.91 Å². The van der Waals surface area contributed by atoms with Crippen molar-refractivity contribution in [3.63, 3.8) is 0 Å². The number of hydrogen-bond donors (Lipinski definition) is 12. The second-order valence-electron chi connectivity index (χ2n) is 32.7. The van der Waals surface area contributed by atoms with Gasteiger partial charge in [0.2, 0.25) is 5.91 Å². The zero-order chi connectivity index (χ0) is 81.7. The number of nitrogens with one attached hydrogen (secondary N) is 1. The number of amides is 1. The summed E-state index contributed by atoms with van der Waals surface area (Å²) in [6, 6.07) is -0.995. The Labute approximate surface area is 686 Å². The number of aliphatic hydroxyl groups excluding tert-OH is 11. The lowest BCUT2D eigenvalue weighted by molar-refractivity contribution is -0.379. The molecule has 3 aliphatic rings. The minimum absolute atomic E-state index is 0.235. The lowest BCUT2D eigenvalue weighted by Crippen LogP contribution is -2.66. The topological polar surface area (TPSA) is 307 Å². The first-order chi connectivity index (χ1) is 55.3. The zero-order valence-electron chi connectivity index (χ0n) is 71.1. The number of carbonyl (C=O) groups is 1. The minimum atomic E-state index is -1.98. The third kappa shape index (κ3) is 51.3. The Kier molecular flexibility index (Phi) is 67.2. The van der Waals surface area contributed by atoms with Crippen LogP contribution in [-0.2, 0) is 33.2 Å². The molecule has 17 atom stereocenters. The van der Waals surface area contributed by atoms with Crippen LogP contribution in [-0.4, -0.2) is 193 Å². The number of carbonyl (C=O) groups excluding carboxylic acids is 1. The molecule has 658 valence electrons. The predicted molar refractivity (Wildman–Crippen MR) is 457 cm³/mol. The van der Waals surface area contributed by atoms with E-state index in [0.717, 1.165) is 70.6 Å². The second kappa shape index (κ2) is 72.9. The van der Waals surface area contributed by atoms with Crippen molar-refractivity contribution in [3.05, 3.63) is 85.1 Å². The van der Waals surface area contributed by atoms with Gasteiger partial charge in [0.1, 0.15) is 73.2 Å². The summed E-state index contributed by atoms with van der Waals surface area (Å²) in [6.07, 6.45) is 73.2. The molecule has 0 saturated carbocycles. The first kappa shape index (κ1) is 104. The lowest BCUT2D eigenvalue weighted by Gasteiger charge is -2.48. The third-order valence-electron chi connectivity index (χ3n) is 22.7. The van der Waals surface area contributed by atoms with E-state index < -0.39 is 124 Å². The summed E-state index contributed by atoms with van der Waals surface area (Å²) in [6.45, 7) is 1.66. The number of hydrogen-bond acceptors (Lipinski definition) is 18. The van der Waals surface area contributed by atoms with Crippen molar-refractivity contribution in [1.29, 1.82) is 0 Å². The molecule has 3 saturated heterocycles. The Hall–Kier alpha value is -3.03. The van der Waals surface area contributed by atoms with E-state index in [4.69, 9.17) is 28.4 Å². The maximum atomic E-state index is 13.5. The average Bonchev–Trinajstić information content (AvgIpc) is 0.780. The van der Waals surface area contributed by atoms with E-state index in [1.54, 1.807) is 6.08 Å². The highest BCUT2D eigenvalue weighted by Gasteiger charge is 2.54. The van der Waals surface area contributed by atoms with Gasteiger partial charge in [-0.25, -0.2) is 0 Å². The molecule has 0 aromatic carbocycles. The molecule has 113 heavy (non-hydrogen) atoms. The molecule has 17 unspecified atom stereocenters. The van der Waals surface area contributed by atoms with Gasteiger partial charge in [-0.05, 0) is 77.0 Å². The summed E-state index contributed by atoms with van der Waals surface area (Å²) in [7, 11) is 0. The summed E-state index contributed by atoms with van der Waals surface area (Å²) in [5.41, 5.74) is 0. The molecule has 0 spiro atoms. The fourth-order valence-electron chi connectivity index (χ4n) is 15.4. The highest BCUT2D eigenvalue weighted by atomic mass is 16.8. The fraction of sp³-hybridized carbons (Fsp3) is 0.840. The molecule has 1 amide bonds. The van der Waals surface area contributed by atoms with Crippen LogP contribution < -0.4 is 5.32 Å². The maximum Gasteiger partial charge on any atom is 0.220 e. The Morgan fingerprint density at radius 1 is 0.327 bits per heavy atom. The molecule has 3 aliphatic heterocycles. The van der Waals surface area contributed by atoms with Crippen molar-refractivity contribution in [3.8, 4) is 0 Å². The van der Waals surface area contributed by atoms with Crippen LogP contribution in [0.4, 0.5) is 0 Å². The van der Waals surface area contributed by atoms with E-state index in [1.165, 1.54) is 270 Å². The summed E-state index contributed by atoms with van der Waals surface area (Å²) >= 11 is 0. The molecule has 0 aromatic heterocycles. The molecule has 19 nitrogen and oxygen atoms in total. The molecule has 3 heterocycles. The van der Waals surface area contributed by atoms with Gasteiger partial charge in [-0.3, -0.25) is 4.79 Å². The van der Waals surface area contributed by atoms with E-state index in [1.807, 2.05) is 6.08 Å². The summed E-state index contributed by atoms with van der Waals surface area (Å²) in [5.74, 6) is -0.281. The summed E-state index contributed by atoms with van der Waals surface area (Å²) in [4.78, 5) is 13.5. The van der Waals surface area contributed by atoms with Crippen molar-refractivity contribution < 1.29 is 89.4 Å². The number of unbranched alkanes of at least 4 members (excludes halogenated alkanes) is 47. The van der Waals surface area contributed by atoms with Crippen LogP contribution in [0, 0.1) is 0 Å². The molecule has 3 rings (SSSR count). The van der Waals surface area contributed by atoms with Crippen LogP contribution >= 0.6 is 0 Å². The molecular weight excluding hydrogens is 1430 g/mol. The van der Waals surface area contributed by atoms with E-state index >= 15 is 0 Å². The van der Waals surface area contributed by atoms with Gasteiger partial charge in [-0.1, -0.05) is 375 Å². The normalized spacial score (nSPS) is 25.2. The maximum absolute atomic E-state index is 13.5. The molecule has 0 aromatic rings. The van der Waals surface area contributed by atoms with Gasteiger partial charge in [-0.15, -0.1) is 0 Å². The minimum Gasteiger partial charge on any atom is -0.394 e. The highest BCUT2D eigenvalue weighted by Crippen LogP contribution is 2.34. The number of allylic oxidation sites excluding steroid dienone is 13. The molecule has 12 N–H and O–H groups in total. The largest absolute Gasteiger partial charge is 0.394 e. The quantitative estimate of drug-likeness (QED) is 0.0199. The Bertz CT molecular complexity index is 2370. The molecule has 0 bridgehead atoms. The third-order valence-corrected chi connectivity index (χ3v) is 22.7. The fourth-order valence-corrected chi connectivity index (χ4v) is 15.4. The standard InChI is InChI=1S/C94H169NO18/c1-3-5-7-9-11-13-15-17-19-21-23-25-27-29-31-33-35-37-38-40-42-44-46-48-50-52-54-56-58-60-62-64-66-68-70-72-82(100)95-77(78(99)71-69-67-65-63-61-59-57-55-53-51-49-47-45-43-41-39-36-34-32-30-28-26-24-22-20-18-16-14-12-10-8-6-4-2)76-108-92-88(106)85(103)90(80(74-97)110-92)113-94-89(107)86(104)91(81(75-98)111-94)112-93-87(105)84(102)83(101)79(73-96)109-93/h5,7,11,13,17,19,23,25,29,31,61,63,69,71,77-81,83-94,96-99,101-107H,3-4,6,8-10,12,14-16,18,20-22,24,26-28,30,32-60,62,64-68,70,72-76H2,1-2H3,(H,95,100)/b7-5-,13-11-,19-17-,25-23-,31-29-,63-61+,71-69+. The van der Waals surface area contributed by atoms with Crippen LogP contribution in [0.15, 0.2) is 85.1 Å². The number of aliphatic hydroxyl groups is 11. The average molecular weight is 1600 g/mol. The van der Waals surface area contributed by atoms with Gasteiger partial charge >= 0.3 is 0 Å². The molecule has 0 radical (unpaired) electrons. The van der Waals surface area contributed by atoms with Gasteiger partial charge < -0.3 is 89.9 Å². The van der Waals surface area contributed by atoms with Crippen LogP contribution in [0.5, 0.6) is 0 Å². The van der Waals surface area contributed by atoms with E-state index in [-0.39, 0.29) is 18.9 Å². The zero-order valence-corrected chi connectivity index (χ0v) is 71.1. The van der Waals surface area contributed by atoms with Gasteiger partial charge in [0.15, 0.2) is 18.9 Å². The number of ether oxygens (including phenoxy) is 6. The smallest absolute Gasteiger partial charge is 0.220 e. The van der Waals surface area contributed by atoms with E-state index in [2.05, 4.69) is 92.1 Å². The van der Waals surface area contributed by atoms with Gasteiger partial charge in [-0.2, -0.15) is 0 Å². The Morgan fingerprint density at radius 2 is 0.619 bits per heavy atom. The van der Waals surface area contributed by atoms with Crippen molar-refractivity contribution in [1.82, 2.24) is 5.32 Å². The van der Waals surface area contributed by atoms with Gasteiger partial charge in [0, 0.05) is 6.42 Å². The summed E-state index contributed by atoms with van der Waals surface area (Å²) < 4.78 is 34.5. The van der Waals surface area contributed by atoms with Crippen LogP contribution in [0.1, 0.15) is 373 Å². The summed E-state index contributed by atoms with van der Waals surface area (Å²) in [5, 5.41) is 121. The SMILES string of the molecule is CC/C=C\C/C=C\C/C=C\C/C=C\C/C=C\CCCCCCCCCCCCCCCCCCCCCC(=O)NC(COC1OC(CO)C(OC2OC(CO)C(OC3OC(CO)C(O)C(O)C3O)C(O)C2O)C(O)C1O)C(O)/C=C/CC/C=C/CCCCCCCCCCCCCCCCCCCCCCCCCCCCC. The monoisotopic (exact) mass is 1600 g/mol. The predicted octanol–water partition coefficient (Wildman–Crippen LogP) is 18.1. The Balaban J connectivity index is 1.33. The van der Waals surface area contributed by atoms with Gasteiger partial charge in [0.05, 0.1) is 38.6 Å². The van der Waals surface area contributed by atoms with Crippen molar-refractivity contribution in [2.24, 2.45) is 0 Å².